The monoisotopic (exact) mass is 333 g/mol. The SMILES string of the molecule is O=C(O)Cc1cc(F)ncc1-c1c(Cl)ccc(Cl)c1Cl. The lowest BCUT2D eigenvalue weighted by Gasteiger charge is -2.12. The first kappa shape index (κ1) is 15.0. The van der Waals surface area contributed by atoms with Crippen LogP contribution in [0.1, 0.15) is 5.56 Å². The molecule has 2 aromatic rings. The third kappa shape index (κ3) is 3.03. The van der Waals surface area contributed by atoms with Gasteiger partial charge in [0.2, 0.25) is 5.95 Å². The van der Waals surface area contributed by atoms with Crippen molar-refractivity contribution in [2.45, 2.75) is 6.42 Å². The van der Waals surface area contributed by atoms with Gasteiger partial charge in [0.05, 0.1) is 21.5 Å². The van der Waals surface area contributed by atoms with Crippen LogP contribution in [-0.4, -0.2) is 16.1 Å². The van der Waals surface area contributed by atoms with Gasteiger partial charge in [0, 0.05) is 17.3 Å². The van der Waals surface area contributed by atoms with E-state index in [0.717, 1.165) is 6.07 Å². The molecule has 7 heteroatoms. The summed E-state index contributed by atoms with van der Waals surface area (Å²) in [5.74, 6) is -1.88. The van der Waals surface area contributed by atoms with Crippen molar-refractivity contribution in [1.29, 1.82) is 0 Å². The predicted octanol–water partition coefficient (Wildman–Crippen LogP) is 4.48. The number of carboxylic acids is 1. The van der Waals surface area contributed by atoms with Crippen LogP contribution in [0, 0.1) is 5.95 Å². The molecule has 0 saturated carbocycles. The topological polar surface area (TPSA) is 50.2 Å². The first-order valence-electron chi connectivity index (χ1n) is 5.40. The van der Waals surface area contributed by atoms with Gasteiger partial charge in [-0.05, 0) is 23.8 Å². The van der Waals surface area contributed by atoms with Gasteiger partial charge in [-0.3, -0.25) is 4.79 Å². The zero-order valence-electron chi connectivity index (χ0n) is 9.83. The molecule has 3 nitrogen and oxygen atoms in total. The maximum absolute atomic E-state index is 13.2. The second-order valence-electron chi connectivity index (χ2n) is 3.95. The van der Waals surface area contributed by atoms with Crippen LogP contribution in [0.4, 0.5) is 4.39 Å². The minimum Gasteiger partial charge on any atom is -0.481 e. The Kier molecular flexibility index (Phi) is 4.48. The number of carbonyl (C=O) groups is 1. The summed E-state index contributed by atoms with van der Waals surface area (Å²) in [6, 6.07) is 4.08. The molecule has 0 unspecified atom stereocenters. The highest BCUT2D eigenvalue weighted by Crippen LogP contribution is 2.40. The lowest BCUT2D eigenvalue weighted by Crippen LogP contribution is -2.04. The molecule has 20 heavy (non-hydrogen) atoms. The third-order valence-electron chi connectivity index (χ3n) is 2.61. The molecule has 0 aliphatic carbocycles. The minimum absolute atomic E-state index is 0.166. The summed E-state index contributed by atoms with van der Waals surface area (Å²) in [6.07, 6.45) is 0.810. The second kappa shape index (κ2) is 5.95. The highest BCUT2D eigenvalue weighted by Gasteiger charge is 2.17. The van der Waals surface area contributed by atoms with Crippen LogP contribution in [0.25, 0.3) is 11.1 Å². The Bertz CT molecular complexity index is 692. The summed E-state index contributed by atoms with van der Waals surface area (Å²) in [7, 11) is 0. The molecule has 1 aromatic carbocycles. The molecular formula is C13H7Cl3FNO2. The fourth-order valence-electron chi connectivity index (χ4n) is 1.78. The van der Waals surface area contributed by atoms with Gasteiger partial charge in [-0.15, -0.1) is 0 Å². The molecule has 1 aromatic heterocycles. The molecule has 0 aliphatic rings. The van der Waals surface area contributed by atoms with E-state index in [1.165, 1.54) is 18.3 Å². The maximum Gasteiger partial charge on any atom is 0.307 e. The molecule has 104 valence electrons. The van der Waals surface area contributed by atoms with Crippen LogP contribution < -0.4 is 0 Å². The highest BCUT2D eigenvalue weighted by atomic mass is 35.5. The van der Waals surface area contributed by atoms with Crippen molar-refractivity contribution < 1.29 is 14.3 Å². The van der Waals surface area contributed by atoms with Crippen LogP contribution in [0.15, 0.2) is 24.4 Å². The summed E-state index contributed by atoms with van der Waals surface area (Å²) in [5, 5.41) is 9.59. The Hall–Kier alpha value is -1.36. The summed E-state index contributed by atoms with van der Waals surface area (Å²) in [5.41, 5.74) is 0.895. The molecule has 2 rings (SSSR count). The lowest BCUT2D eigenvalue weighted by atomic mass is 10.00. The van der Waals surface area contributed by atoms with Crippen LogP contribution >= 0.6 is 34.8 Å². The predicted molar refractivity (Wildman–Crippen MR) is 76.0 cm³/mol. The molecule has 0 radical (unpaired) electrons. The van der Waals surface area contributed by atoms with E-state index >= 15 is 0 Å². The summed E-state index contributed by atoms with van der Waals surface area (Å²) in [6.45, 7) is 0. The van der Waals surface area contributed by atoms with Gasteiger partial charge in [0.1, 0.15) is 0 Å². The number of pyridine rings is 1. The van der Waals surface area contributed by atoms with Crippen LogP contribution in [0.5, 0.6) is 0 Å². The molecule has 0 saturated heterocycles. The quantitative estimate of drug-likeness (QED) is 0.665. The van der Waals surface area contributed by atoms with E-state index in [0.29, 0.717) is 11.1 Å². The molecular weight excluding hydrogens is 328 g/mol. The third-order valence-corrected chi connectivity index (χ3v) is 3.73. The number of benzene rings is 1. The van der Waals surface area contributed by atoms with Crippen molar-refractivity contribution in [1.82, 2.24) is 4.98 Å². The smallest absolute Gasteiger partial charge is 0.307 e. The fraction of sp³-hybridized carbons (Fsp3) is 0.0769. The highest BCUT2D eigenvalue weighted by molar-refractivity contribution is 6.46. The van der Waals surface area contributed by atoms with Crippen LogP contribution in [0.2, 0.25) is 15.1 Å². The average molecular weight is 335 g/mol. The summed E-state index contributed by atoms with van der Waals surface area (Å²) >= 11 is 18.1. The second-order valence-corrected chi connectivity index (χ2v) is 5.15. The molecule has 1 heterocycles. The van der Waals surface area contributed by atoms with Crippen molar-refractivity contribution in [3.8, 4) is 11.1 Å². The van der Waals surface area contributed by atoms with Crippen LogP contribution in [0.3, 0.4) is 0 Å². The molecule has 0 spiro atoms. The van der Waals surface area contributed by atoms with Gasteiger partial charge in [0.25, 0.3) is 0 Å². The average Bonchev–Trinajstić information content (AvgIpc) is 2.36. The van der Waals surface area contributed by atoms with E-state index < -0.39 is 11.9 Å². The number of halogens is 4. The lowest BCUT2D eigenvalue weighted by molar-refractivity contribution is -0.136. The zero-order valence-corrected chi connectivity index (χ0v) is 12.1. The van der Waals surface area contributed by atoms with E-state index in [4.69, 9.17) is 39.9 Å². The number of carboxylic acid groups (broad SMARTS) is 1. The summed E-state index contributed by atoms with van der Waals surface area (Å²) in [4.78, 5) is 14.4. The number of rotatable bonds is 3. The fourth-order valence-corrected chi connectivity index (χ4v) is 2.51. The van der Waals surface area contributed by atoms with E-state index in [-0.39, 0.29) is 27.1 Å². The summed E-state index contributed by atoms with van der Waals surface area (Å²) < 4.78 is 13.2. The van der Waals surface area contributed by atoms with Crippen molar-refractivity contribution in [3.05, 3.63) is 51.0 Å². The van der Waals surface area contributed by atoms with E-state index in [9.17, 15) is 9.18 Å². The van der Waals surface area contributed by atoms with E-state index in [2.05, 4.69) is 4.98 Å². The van der Waals surface area contributed by atoms with Crippen molar-refractivity contribution in [2.75, 3.05) is 0 Å². The zero-order chi connectivity index (χ0) is 14.9. The van der Waals surface area contributed by atoms with Gasteiger partial charge in [0.15, 0.2) is 0 Å². The van der Waals surface area contributed by atoms with E-state index in [1.54, 1.807) is 0 Å². The molecule has 0 atom stereocenters. The van der Waals surface area contributed by atoms with Gasteiger partial charge in [-0.2, -0.15) is 4.39 Å². The van der Waals surface area contributed by atoms with Crippen molar-refractivity contribution in [2.24, 2.45) is 0 Å². The van der Waals surface area contributed by atoms with Crippen molar-refractivity contribution >= 4 is 40.8 Å². The maximum atomic E-state index is 13.2. The number of nitrogens with zero attached hydrogens (tertiary/aromatic N) is 1. The Balaban J connectivity index is 2.69. The first-order chi connectivity index (χ1) is 9.40. The Morgan fingerprint density at radius 2 is 1.90 bits per heavy atom. The molecule has 1 N–H and O–H groups in total. The minimum atomic E-state index is -1.11. The number of aliphatic carboxylic acids is 1. The van der Waals surface area contributed by atoms with E-state index in [1.807, 2.05) is 0 Å². The normalized spacial score (nSPS) is 10.6. The van der Waals surface area contributed by atoms with Gasteiger partial charge in [-0.1, -0.05) is 34.8 Å². The number of hydrogen-bond acceptors (Lipinski definition) is 2. The number of aromatic nitrogens is 1. The Morgan fingerprint density at radius 1 is 1.25 bits per heavy atom. The largest absolute Gasteiger partial charge is 0.481 e. The van der Waals surface area contributed by atoms with Crippen LogP contribution in [-0.2, 0) is 11.2 Å². The first-order valence-corrected chi connectivity index (χ1v) is 6.53. The molecule has 0 bridgehead atoms. The standard InChI is InChI=1S/C13H7Cl3FNO2/c14-8-1-2-9(15)13(16)12(8)7-5-18-10(17)3-6(7)4-11(19)20/h1-3,5H,4H2,(H,19,20). The van der Waals surface area contributed by atoms with Gasteiger partial charge < -0.3 is 5.11 Å². The van der Waals surface area contributed by atoms with Crippen molar-refractivity contribution in [3.63, 3.8) is 0 Å². The molecule has 0 amide bonds. The Labute approximate surface area is 128 Å². The Morgan fingerprint density at radius 3 is 2.55 bits per heavy atom. The van der Waals surface area contributed by atoms with Gasteiger partial charge >= 0.3 is 5.97 Å². The van der Waals surface area contributed by atoms with Gasteiger partial charge in [-0.25, -0.2) is 4.98 Å². The molecule has 0 aliphatic heterocycles. The number of hydrogen-bond donors (Lipinski definition) is 1. The molecule has 0 fully saturated rings.